The van der Waals surface area contributed by atoms with Crippen molar-refractivity contribution in [1.29, 1.82) is 0 Å². The van der Waals surface area contributed by atoms with Gasteiger partial charge < -0.3 is 10.2 Å². The predicted molar refractivity (Wildman–Crippen MR) is 107 cm³/mol. The molecule has 4 heteroatoms. The van der Waals surface area contributed by atoms with Gasteiger partial charge in [0.05, 0.1) is 0 Å². The number of nitrogens with zero attached hydrogens (tertiary/aromatic N) is 1. The largest absolute Gasteiger partial charge is 0.339 e. The Labute approximate surface area is 161 Å². The van der Waals surface area contributed by atoms with Crippen LogP contribution in [-0.2, 0) is 17.8 Å². The van der Waals surface area contributed by atoms with Gasteiger partial charge in [-0.1, -0.05) is 53.6 Å². The van der Waals surface area contributed by atoms with Crippen molar-refractivity contribution in [3.05, 3.63) is 70.2 Å². The van der Waals surface area contributed by atoms with Gasteiger partial charge in [-0.2, -0.15) is 0 Å². The average Bonchev–Trinajstić information content (AvgIpc) is 2.98. The number of nitrogens with one attached hydrogen (secondary N) is 1. The molecule has 1 fully saturated rings. The molecule has 0 unspecified atom stereocenters. The lowest BCUT2D eigenvalue weighted by Crippen LogP contribution is -2.36. The molecular formula is C22H27ClN2O. The molecule has 0 spiro atoms. The van der Waals surface area contributed by atoms with E-state index in [2.05, 4.69) is 41.4 Å². The Morgan fingerprint density at radius 3 is 2.73 bits per heavy atom. The first-order chi connectivity index (χ1) is 12.6. The zero-order valence-corrected chi connectivity index (χ0v) is 16.1. The van der Waals surface area contributed by atoms with Gasteiger partial charge in [0.2, 0.25) is 5.91 Å². The van der Waals surface area contributed by atoms with Crippen LogP contribution in [0.1, 0.15) is 36.0 Å². The van der Waals surface area contributed by atoms with Gasteiger partial charge in [0.15, 0.2) is 0 Å². The lowest BCUT2D eigenvalue weighted by molar-refractivity contribution is -0.129. The maximum atomic E-state index is 12.2. The number of carbonyl (C=O) groups is 1. The number of carbonyl (C=O) groups excluding carboxylic acids is 1. The van der Waals surface area contributed by atoms with E-state index in [4.69, 9.17) is 11.6 Å². The third kappa shape index (κ3) is 5.33. The molecule has 1 atom stereocenters. The zero-order valence-electron chi connectivity index (χ0n) is 15.4. The van der Waals surface area contributed by atoms with Gasteiger partial charge in [0.1, 0.15) is 0 Å². The lowest BCUT2D eigenvalue weighted by Gasteiger charge is -2.25. The number of amides is 1. The first-order valence-corrected chi connectivity index (χ1v) is 9.80. The van der Waals surface area contributed by atoms with Crippen molar-refractivity contribution in [2.24, 2.45) is 0 Å². The molecule has 0 bridgehead atoms. The van der Waals surface area contributed by atoms with Crippen LogP contribution < -0.4 is 5.32 Å². The highest BCUT2D eigenvalue weighted by Gasteiger charge is 2.29. The van der Waals surface area contributed by atoms with Crippen molar-refractivity contribution in [3.63, 3.8) is 0 Å². The fourth-order valence-corrected chi connectivity index (χ4v) is 3.75. The van der Waals surface area contributed by atoms with Crippen LogP contribution in [-0.4, -0.2) is 29.9 Å². The van der Waals surface area contributed by atoms with Crippen molar-refractivity contribution in [2.75, 3.05) is 13.1 Å². The van der Waals surface area contributed by atoms with Crippen LogP contribution in [0.4, 0.5) is 0 Å². The van der Waals surface area contributed by atoms with E-state index in [1.165, 1.54) is 16.7 Å². The third-order valence-corrected chi connectivity index (χ3v) is 5.33. The predicted octanol–water partition coefficient (Wildman–Crippen LogP) is 4.36. The SMILES string of the molecule is Cc1cccc(CNCC[C@@H]2CCC(=O)N2CCc2ccc(Cl)cc2)c1. The summed E-state index contributed by atoms with van der Waals surface area (Å²) in [5.41, 5.74) is 3.83. The molecule has 138 valence electrons. The van der Waals surface area contributed by atoms with Crippen molar-refractivity contribution < 1.29 is 4.79 Å². The number of likely N-dealkylation sites (tertiary alicyclic amines) is 1. The number of hydrogen-bond acceptors (Lipinski definition) is 2. The molecule has 1 saturated heterocycles. The summed E-state index contributed by atoms with van der Waals surface area (Å²) in [5.74, 6) is 0.294. The van der Waals surface area contributed by atoms with Gasteiger partial charge in [-0.25, -0.2) is 0 Å². The second-order valence-electron chi connectivity index (χ2n) is 7.11. The average molecular weight is 371 g/mol. The molecule has 26 heavy (non-hydrogen) atoms. The van der Waals surface area contributed by atoms with E-state index in [0.717, 1.165) is 43.9 Å². The molecule has 2 aromatic rings. The summed E-state index contributed by atoms with van der Waals surface area (Å²) in [7, 11) is 0. The van der Waals surface area contributed by atoms with Gasteiger partial charge in [0.25, 0.3) is 0 Å². The van der Waals surface area contributed by atoms with E-state index in [9.17, 15) is 4.79 Å². The van der Waals surface area contributed by atoms with Gasteiger partial charge in [-0.3, -0.25) is 4.79 Å². The van der Waals surface area contributed by atoms with E-state index in [1.54, 1.807) is 0 Å². The second kappa shape index (κ2) is 9.20. The number of benzene rings is 2. The Morgan fingerprint density at radius 2 is 1.96 bits per heavy atom. The fraction of sp³-hybridized carbons (Fsp3) is 0.409. The molecule has 1 heterocycles. The van der Waals surface area contributed by atoms with Gasteiger partial charge in [-0.15, -0.1) is 0 Å². The molecule has 0 saturated carbocycles. The molecule has 3 rings (SSSR count). The standard InChI is InChI=1S/C22H27ClN2O/c1-17-3-2-4-19(15-17)16-24-13-11-21-9-10-22(26)25(21)14-12-18-5-7-20(23)8-6-18/h2-8,15,21,24H,9-14,16H2,1H3/t21-/m0/s1. The van der Waals surface area contributed by atoms with E-state index in [1.807, 2.05) is 24.3 Å². The molecule has 1 aliphatic heterocycles. The quantitative estimate of drug-likeness (QED) is 0.700. The normalized spacial score (nSPS) is 17.1. The summed E-state index contributed by atoms with van der Waals surface area (Å²) in [6.45, 7) is 4.73. The summed E-state index contributed by atoms with van der Waals surface area (Å²) in [6.07, 6.45) is 3.56. The summed E-state index contributed by atoms with van der Waals surface area (Å²) < 4.78 is 0. The second-order valence-corrected chi connectivity index (χ2v) is 7.55. The topological polar surface area (TPSA) is 32.3 Å². The van der Waals surface area contributed by atoms with Gasteiger partial charge in [0, 0.05) is 30.6 Å². The van der Waals surface area contributed by atoms with E-state index in [0.29, 0.717) is 18.4 Å². The zero-order chi connectivity index (χ0) is 18.4. The Balaban J connectivity index is 1.44. The molecule has 0 aliphatic carbocycles. The van der Waals surface area contributed by atoms with Crippen LogP contribution in [0.2, 0.25) is 5.02 Å². The van der Waals surface area contributed by atoms with Crippen LogP contribution in [0.5, 0.6) is 0 Å². The monoisotopic (exact) mass is 370 g/mol. The number of hydrogen-bond donors (Lipinski definition) is 1. The Kier molecular flexibility index (Phi) is 6.70. The molecule has 1 amide bonds. The fourth-order valence-electron chi connectivity index (χ4n) is 3.62. The number of aryl methyl sites for hydroxylation is 1. The minimum Gasteiger partial charge on any atom is -0.339 e. The Morgan fingerprint density at radius 1 is 1.15 bits per heavy atom. The maximum absolute atomic E-state index is 12.2. The van der Waals surface area contributed by atoms with Crippen molar-refractivity contribution in [1.82, 2.24) is 10.2 Å². The summed E-state index contributed by atoms with van der Waals surface area (Å²) >= 11 is 5.94. The van der Waals surface area contributed by atoms with Crippen LogP contribution in [0, 0.1) is 6.92 Å². The Hall–Kier alpha value is -1.84. The highest BCUT2D eigenvalue weighted by Crippen LogP contribution is 2.22. The summed E-state index contributed by atoms with van der Waals surface area (Å²) in [4.78, 5) is 14.3. The Bertz CT molecular complexity index is 729. The first-order valence-electron chi connectivity index (χ1n) is 9.42. The molecule has 0 aromatic heterocycles. The van der Waals surface area contributed by atoms with E-state index >= 15 is 0 Å². The smallest absolute Gasteiger partial charge is 0.222 e. The van der Waals surface area contributed by atoms with Crippen molar-refractivity contribution >= 4 is 17.5 Å². The summed E-state index contributed by atoms with van der Waals surface area (Å²) in [5, 5.41) is 4.27. The molecule has 1 N–H and O–H groups in total. The molecular weight excluding hydrogens is 344 g/mol. The highest BCUT2D eigenvalue weighted by atomic mass is 35.5. The van der Waals surface area contributed by atoms with Crippen LogP contribution in [0.15, 0.2) is 48.5 Å². The summed E-state index contributed by atoms with van der Waals surface area (Å²) in [6, 6.07) is 16.8. The number of rotatable bonds is 8. The van der Waals surface area contributed by atoms with E-state index in [-0.39, 0.29) is 0 Å². The van der Waals surface area contributed by atoms with E-state index < -0.39 is 0 Å². The van der Waals surface area contributed by atoms with Gasteiger partial charge in [-0.05, 0) is 56.0 Å². The third-order valence-electron chi connectivity index (χ3n) is 5.07. The lowest BCUT2D eigenvalue weighted by atomic mass is 10.1. The van der Waals surface area contributed by atoms with Gasteiger partial charge >= 0.3 is 0 Å². The van der Waals surface area contributed by atoms with Crippen molar-refractivity contribution in [3.8, 4) is 0 Å². The van der Waals surface area contributed by atoms with Crippen molar-refractivity contribution in [2.45, 2.75) is 45.2 Å². The number of halogens is 1. The highest BCUT2D eigenvalue weighted by molar-refractivity contribution is 6.30. The molecule has 0 radical (unpaired) electrons. The first kappa shape index (κ1) is 18.9. The van der Waals surface area contributed by atoms with Crippen LogP contribution in [0.25, 0.3) is 0 Å². The molecule has 3 nitrogen and oxygen atoms in total. The molecule has 1 aliphatic rings. The maximum Gasteiger partial charge on any atom is 0.222 e. The van der Waals surface area contributed by atoms with Crippen LogP contribution >= 0.6 is 11.6 Å². The minimum atomic E-state index is 0.294. The molecule has 2 aromatic carbocycles. The minimum absolute atomic E-state index is 0.294. The van der Waals surface area contributed by atoms with Crippen LogP contribution in [0.3, 0.4) is 0 Å².